The first kappa shape index (κ1) is 14.8. The van der Waals surface area contributed by atoms with Crippen molar-refractivity contribution in [1.82, 2.24) is 0 Å². The molecule has 100 valence electrons. The van der Waals surface area contributed by atoms with Crippen LogP contribution in [0.2, 0.25) is 0 Å². The molecule has 1 aromatic rings. The standard InChI is InChI=1S/C14H20ClNO2/c1-4-7-18-13-8-10(2)5-6-12(13)16-14(17)11(3)9-15/h5-6,8,11H,4,7,9H2,1-3H3,(H,16,17). The second kappa shape index (κ2) is 7.27. The predicted octanol–water partition coefficient (Wildman–Crippen LogP) is 3.60. The molecule has 1 amide bonds. The van der Waals surface area contributed by atoms with Gasteiger partial charge in [0.05, 0.1) is 12.3 Å². The molecule has 1 unspecified atom stereocenters. The number of carbonyl (C=O) groups excluding carboxylic acids is 1. The predicted molar refractivity (Wildman–Crippen MR) is 75.5 cm³/mol. The van der Waals surface area contributed by atoms with Gasteiger partial charge >= 0.3 is 0 Å². The topological polar surface area (TPSA) is 38.3 Å². The smallest absolute Gasteiger partial charge is 0.228 e. The summed E-state index contributed by atoms with van der Waals surface area (Å²) in [6, 6.07) is 5.73. The highest BCUT2D eigenvalue weighted by atomic mass is 35.5. The summed E-state index contributed by atoms with van der Waals surface area (Å²) in [4.78, 5) is 11.8. The van der Waals surface area contributed by atoms with Crippen molar-refractivity contribution in [2.24, 2.45) is 5.92 Å². The van der Waals surface area contributed by atoms with E-state index >= 15 is 0 Å². The van der Waals surface area contributed by atoms with Crippen molar-refractivity contribution < 1.29 is 9.53 Å². The Bertz CT molecular complexity index is 407. The van der Waals surface area contributed by atoms with E-state index in [-0.39, 0.29) is 11.8 Å². The van der Waals surface area contributed by atoms with E-state index in [9.17, 15) is 4.79 Å². The SMILES string of the molecule is CCCOc1cc(C)ccc1NC(=O)C(C)CCl. The van der Waals surface area contributed by atoms with Crippen LogP contribution in [-0.2, 0) is 4.79 Å². The lowest BCUT2D eigenvalue weighted by Crippen LogP contribution is -2.21. The third kappa shape index (κ3) is 4.22. The molecule has 0 saturated heterocycles. The van der Waals surface area contributed by atoms with E-state index in [1.54, 1.807) is 6.92 Å². The number of carbonyl (C=O) groups is 1. The second-order valence-electron chi connectivity index (χ2n) is 4.39. The molecular weight excluding hydrogens is 250 g/mol. The zero-order valence-electron chi connectivity index (χ0n) is 11.1. The number of hydrogen-bond acceptors (Lipinski definition) is 2. The molecule has 0 saturated carbocycles. The number of benzene rings is 1. The zero-order valence-corrected chi connectivity index (χ0v) is 11.9. The number of halogens is 1. The van der Waals surface area contributed by atoms with Gasteiger partial charge < -0.3 is 10.1 Å². The number of ether oxygens (including phenoxy) is 1. The van der Waals surface area contributed by atoms with Gasteiger partial charge in [-0.3, -0.25) is 4.79 Å². The lowest BCUT2D eigenvalue weighted by molar-refractivity contribution is -0.118. The molecule has 0 spiro atoms. The minimum atomic E-state index is -0.216. The van der Waals surface area contributed by atoms with E-state index < -0.39 is 0 Å². The molecule has 0 bridgehead atoms. The molecule has 1 rings (SSSR count). The number of nitrogens with one attached hydrogen (secondary N) is 1. The summed E-state index contributed by atoms with van der Waals surface area (Å²) >= 11 is 5.67. The summed E-state index contributed by atoms with van der Waals surface area (Å²) in [5, 5.41) is 2.85. The fourth-order valence-electron chi connectivity index (χ4n) is 1.39. The van der Waals surface area contributed by atoms with E-state index in [0.717, 1.165) is 12.0 Å². The highest BCUT2D eigenvalue weighted by Crippen LogP contribution is 2.26. The number of hydrogen-bond donors (Lipinski definition) is 1. The Kier molecular flexibility index (Phi) is 5.99. The van der Waals surface area contributed by atoms with Crippen LogP contribution in [0.4, 0.5) is 5.69 Å². The molecule has 0 aliphatic rings. The van der Waals surface area contributed by atoms with Crippen molar-refractivity contribution >= 4 is 23.2 Å². The lowest BCUT2D eigenvalue weighted by Gasteiger charge is -2.14. The van der Waals surface area contributed by atoms with Crippen molar-refractivity contribution in [3.8, 4) is 5.75 Å². The summed E-state index contributed by atoms with van der Waals surface area (Å²) in [6.45, 7) is 6.47. The number of amides is 1. The molecule has 18 heavy (non-hydrogen) atoms. The average Bonchev–Trinajstić information content (AvgIpc) is 2.37. The molecule has 0 aromatic heterocycles. The van der Waals surface area contributed by atoms with E-state index in [1.807, 2.05) is 32.0 Å². The van der Waals surface area contributed by atoms with Crippen molar-refractivity contribution in [2.45, 2.75) is 27.2 Å². The van der Waals surface area contributed by atoms with E-state index in [2.05, 4.69) is 5.32 Å². The first-order valence-corrected chi connectivity index (χ1v) is 6.72. The largest absolute Gasteiger partial charge is 0.491 e. The Morgan fingerprint density at radius 3 is 2.83 bits per heavy atom. The van der Waals surface area contributed by atoms with Crippen molar-refractivity contribution in [1.29, 1.82) is 0 Å². The normalized spacial score (nSPS) is 12.0. The molecular formula is C14H20ClNO2. The Morgan fingerprint density at radius 2 is 2.22 bits per heavy atom. The second-order valence-corrected chi connectivity index (χ2v) is 4.70. The molecule has 1 N–H and O–H groups in total. The molecule has 0 aliphatic heterocycles. The number of rotatable bonds is 6. The lowest BCUT2D eigenvalue weighted by atomic mass is 10.1. The van der Waals surface area contributed by atoms with Gasteiger partial charge in [0.1, 0.15) is 5.75 Å². The van der Waals surface area contributed by atoms with Crippen LogP contribution in [0.15, 0.2) is 18.2 Å². The summed E-state index contributed by atoms with van der Waals surface area (Å²) in [5.41, 5.74) is 1.81. The molecule has 0 heterocycles. The van der Waals surface area contributed by atoms with E-state index in [1.165, 1.54) is 0 Å². The maximum atomic E-state index is 11.8. The van der Waals surface area contributed by atoms with E-state index in [4.69, 9.17) is 16.3 Å². The van der Waals surface area contributed by atoms with Gasteiger partial charge in [-0.15, -0.1) is 11.6 Å². The van der Waals surface area contributed by atoms with Gasteiger partial charge in [0.25, 0.3) is 0 Å². The summed E-state index contributed by atoms with van der Waals surface area (Å²) < 4.78 is 5.63. The first-order chi connectivity index (χ1) is 8.58. The number of aryl methyl sites for hydroxylation is 1. The third-order valence-corrected chi connectivity index (χ3v) is 3.00. The van der Waals surface area contributed by atoms with Crippen LogP contribution in [0.3, 0.4) is 0 Å². The summed E-state index contributed by atoms with van der Waals surface area (Å²) in [7, 11) is 0. The van der Waals surface area contributed by atoms with Gasteiger partial charge in [-0.2, -0.15) is 0 Å². The Morgan fingerprint density at radius 1 is 1.50 bits per heavy atom. The molecule has 0 aliphatic carbocycles. The van der Waals surface area contributed by atoms with Crippen LogP contribution in [-0.4, -0.2) is 18.4 Å². The fraction of sp³-hybridized carbons (Fsp3) is 0.500. The highest BCUT2D eigenvalue weighted by Gasteiger charge is 2.14. The van der Waals surface area contributed by atoms with Crippen LogP contribution in [0.1, 0.15) is 25.8 Å². The van der Waals surface area contributed by atoms with Crippen molar-refractivity contribution in [2.75, 3.05) is 17.8 Å². The van der Waals surface area contributed by atoms with Crippen LogP contribution in [0.5, 0.6) is 5.75 Å². The minimum Gasteiger partial charge on any atom is -0.491 e. The number of anilines is 1. The van der Waals surface area contributed by atoms with Crippen LogP contribution < -0.4 is 10.1 Å². The van der Waals surface area contributed by atoms with Gasteiger partial charge in [0.15, 0.2) is 0 Å². The maximum absolute atomic E-state index is 11.8. The van der Waals surface area contributed by atoms with Gasteiger partial charge in [-0.05, 0) is 31.0 Å². The van der Waals surface area contributed by atoms with Crippen LogP contribution in [0.25, 0.3) is 0 Å². The average molecular weight is 270 g/mol. The first-order valence-electron chi connectivity index (χ1n) is 6.18. The van der Waals surface area contributed by atoms with Gasteiger partial charge in [-0.1, -0.05) is 19.9 Å². The Balaban J connectivity index is 2.83. The van der Waals surface area contributed by atoms with Gasteiger partial charge in [-0.25, -0.2) is 0 Å². The molecule has 4 heteroatoms. The molecule has 3 nitrogen and oxygen atoms in total. The maximum Gasteiger partial charge on any atom is 0.228 e. The Hall–Kier alpha value is -1.22. The van der Waals surface area contributed by atoms with Crippen LogP contribution >= 0.6 is 11.6 Å². The van der Waals surface area contributed by atoms with Gasteiger partial charge in [0.2, 0.25) is 5.91 Å². The zero-order chi connectivity index (χ0) is 13.5. The molecule has 1 aromatic carbocycles. The molecule has 0 radical (unpaired) electrons. The highest BCUT2D eigenvalue weighted by molar-refractivity contribution is 6.19. The monoisotopic (exact) mass is 269 g/mol. The summed E-state index contributed by atoms with van der Waals surface area (Å²) in [6.07, 6.45) is 0.930. The molecule has 0 fully saturated rings. The quantitative estimate of drug-likeness (QED) is 0.802. The van der Waals surface area contributed by atoms with Crippen LogP contribution in [0, 0.1) is 12.8 Å². The van der Waals surface area contributed by atoms with Gasteiger partial charge in [0, 0.05) is 11.8 Å². The van der Waals surface area contributed by atoms with Crippen molar-refractivity contribution in [3.05, 3.63) is 23.8 Å². The number of alkyl halides is 1. The van der Waals surface area contributed by atoms with E-state index in [0.29, 0.717) is 23.9 Å². The minimum absolute atomic E-state index is 0.0878. The Labute approximate surface area is 113 Å². The summed E-state index contributed by atoms with van der Waals surface area (Å²) in [5.74, 6) is 0.720. The fourth-order valence-corrected chi connectivity index (χ4v) is 1.53. The van der Waals surface area contributed by atoms with Crippen molar-refractivity contribution in [3.63, 3.8) is 0 Å². The molecule has 1 atom stereocenters. The third-order valence-electron chi connectivity index (χ3n) is 2.54.